The Morgan fingerprint density at radius 2 is 2.10 bits per heavy atom. The van der Waals surface area contributed by atoms with Gasteiger partial charge in [-0.25, -0.2) is 4.98 Å². The van der Waals surface area contributed by atoms with E-state index >= 15 is 0 Å². The third kappa shape index (κ3) is 3.65. The lowest BCUT2D eigenvalue weighted by atomic mass is 9.97. The van der Waals surface area contributed by atoms with Gasteiger partial charge in [0.2, 0.25) is 11.8 Å². The zero-order valence-electron chi connectivity index (χ0n) is 16.1. The average molecular weight is 411 g/mol. The number of aryl methyl sites for hydroxylation is 1. The first kappa shape index (κ1) is 19.3. The van der Waals surface area contributed by atoms with Gasteiger partial charge < -0.3 is 10.2 Å². The lowest BCUT2D eigenvalue weighted by molar-refractivity contribution is -0.127. The molecule has 0 spiro atoms. The molecule has 4 heterocycles. The minimum absolute atomic E-state index is 0.0371. The van der Waals surface area contributed by atoms with Crippen molar-refractivity contribution in [3.63, 3.8) is 0 Å². The zero-order valence-corrected chi connectivity index (χ0v) is 16.9. The summed E-state index contributed by atoms with van der Waals surface area (Å²) in [5.41, 5.74) is 1.83. The van der Waals surface area contributed by atoms with Crippen LogP contribution in [0.4, 0.5) is 11.4 Å². The Labute approximate surface area is 172 Å². The number of piperidine rings is 1. The predicted octanol–water partition coefficient (Wildman–Crippen LogP) is 2.34. The van der Waals surface area contributed by atoms with E-state index < -0.39 is 0 Å². The van der Waals surface area contributed by atoms with E-state index in [1.165, 1.54) is 28.5 Å². The van der Waals surface area contributed by atoms with E-state index in [2.05, 4.69) is 21.9 Å². The van der Waals surface area contributed by atoms with Gasteiger partial charge in [-0.1, -0.05) is 6.58 Å². The van der Waals surface area contributed by atoms with Crippen LogP contribution in [-0.2, 0) is 9.59 Å². The van der Waals surface area contributed by atoms with Crippen LogP contribution in [0, 0.1) is 6.92 Å². The van der Waals surface area contributed by atoms with Gasteiger partial charge in [-0.05, 0) is 31.9 Å². The number of hydrogen-bond acceptors (Lipinski definition) is 6. The van der Waals surface area contributed by atoms with Crippen molar-refractivity contribution in [2.75, 3.05) is 29.9 Å². The second-order valence-corrected chi connectivity index (χ2v) is 8.13. The summed E-state index contributed by atoms with van der Waals surface area (Å²) in [5.74, 6) is -0.310. The fraction of sp³-hybridized carbons (Fsp3) is 0.350. The summed E-state index contributed by atoms with van der Waals surface area (Å²) < 4.78 is 0. The molecule has 150 valence electrons. The minimum Gasteiger partial charge on any atom is -0.339 e. The molecule has 1 saturated heterocycles. The van der Waals surface area contributed by atoms with Gasteiger partial charge in [0.1, 0.15) is 11.4 Å². The first-order valence-corrected chi connectivity index (χ1v) is 10.2. The largest absolute Gasteiger partial charge is 0.339 e. The Hall–Kier alpha value is -3.07. The summed E-state index contributed by atoms with van der Waals surface area (Å²) >= 11 is 1.39. The second kappa shape index (κ2) is 7.75. The van der Waals surface area contributed by atoms with Crippen LogP contribution in [-0.4, -0.2) is 52.2 Å². The summed E-state index contributed by atoms with van der Waals surface area (Å²) in [7, 11) is 0. The Balaban J connectivity index is 1.55. The Morgan fingerprint density at radius 1 is 1.34 bits per heavy atom. The number of amides is 3. The van der Waals surface area contributed by atoms with Gasteiger partial charge in [-0.3, -0.25) is 24.3 Å². The maximum atomic E-state index is 13.2. The molecule has 29 heavy (non-hydrogen) atoms. The number of carbonyl (C=O) groups excluding carboxylic acids is 3. The first-order chi connectivity index (χ1) is 14.0. The zero-order chi connectivity index (χ0) is 20.5. The highest BCUT2D eigenvalue weighted by molar-refractivity contribution is 7.14. The van der Waals surface area contributed by atoms with Crippen molar-refractivity contribution in [2.24, 2.45) is 0 Å². The number of pyridine rings is 1. The number of rotatable bonds is 3. The molecular weight excluding hydrogens is 390 g/mol. The molecule has 1 fully saturated rings. The second-order valence-electron chi connectivity index (χ2n) is 7.10. The van der Waals surface area contributed by atoms with E-state index in [0.717, 1.165) is 17.8 Å². The third-order valence-electron chi connectivity index (χ3n) is 5.25. The van der Waals surface area contributed by atoms with Crippen LogP contribution < -0.4 is 10.2 Å². The van der Waals surface area contributed by atoms with Crippen LogP contribution in [0.1, 0.15) is 39.1 Å². The molecule has 2 aliphatic rings. The summed E-state index contributed by atoms with van der Waals surface area (Å²) in [6.45, 7) is 6.63. The molecule has 4 rings (SSSR count). The van der Waals surface area contributed by atoms with Gasteiger partial charge >= 0.3 is 0 Å². The standard InChI is InChI=1S/C20H21N5O3S/c1-3-17(27)24-8-5-13(6-9-24)19-22-12(2)18(29-19)20(28)25-11-16(26)23-14-10-21-7-4-15(14)25/h3-4,7,10,13H,1,5-6,8-9,11H2,2H3,(H,23,26). The predicted molar refractivity (Wildman–Crippen MR) is 110 cm³/mol. The highest BCUT2D eigenvalue weighted by Gasteiger charge is 2.32. The van der Waals surface area contributed by atoms with Gasteiger partial charge in [-0.2, -0.15) is 0 Å². The van der Waals surface area contributed by atoms with Gasteiger partial charge in [0.25, 0.3) is 5.91 Å². The number of thiazole rings is 1. The maximum Gasteiger partial charge on any atom is 0.270 e. The number of carbonyl (C=O) groups is 3. The molecule has 3 amide bonds. The molecule has 0 aliphatic carbocycles. The van der Waals surface area contributed by atoms with Crippen LogP contribution in [0.15, 0.2) is 31.1 Å². The molecule has 9 heteroatoms. The fourth-order valence-corrected chi connectivity index (χ4v) is 4.89. The van der Waals surface area contributed by atoms with Gasteiger partial charge in [-0.15, -0.1) is 11.3 Å². The summed E-state index contributed by atoms with van der Waals surface area (Å²) in [6.07, 6.45) is 6.09. The van der Waals surface area contributed by atoms with Gasteiger partial charge in [0.15, 0.2) is 0 Å². The van der Waals surface area contributed by atoms with Gasteiger partial charge in [0.05, 0.1) is 28.3 Å². The van der Waals surface area contributed by atoms with Crippen LogP contribution >= 0.6 is 11.3 Å². The summed E-state index contributed by atoms with van der Waals surface area (Å²) in [5, 5.41) is 3.65. The summed E-state index contributed by atoms with van der Waals surface area (Å²) in [4.78, 5) is 49.5. The SMILES string of the molecule is C=CC(=O)N1CCC(c2nc(C)c(C(=O)N3CC(=O)Nc4cnccc43)s2)CC1. The number of hydrogen-bond donors (Lipinski definition) is 1. The number of fused-ring (bicyclic) bond motifs is 1. The summed E-state index contributed by atoms with van der Waals surface area (Å²) in [6, 6.07) is 1.72. The first-order valence-electron chi connectivity index (χ1n) is 9.42. The molecule has 1 N–H and O–H groups in total. The number of aromatic nitrogens is 2. The lowest BCUT2D eigenvalue weighted by Crippen LogP contribution is -2.42. The number of nitrogens with zero attached hydrogens (tertiary/aromatic N) is 4. The Morgan fingerprint density at radius 3 is 2.83 bits per heavy atom. The van der Waals surface area contributed by atoms with Crippen molar-refractivity contribution in [2.45, 2.75) is 25.7 Å². The van der Waals surface area contributed by atoms with Crippen molar-refractivity contribution in [1.29, 1.82) is 0 Å². The molecule has 0 aromatic carbocycles. The highest BCUT2D eigenvalue weighted by Crippen LogP contribution is 2.35. The van der Waals surface area contributed by atoms with Crippen molar-refractivity contribution in [3.8, 4) is 0 Å². The van der Waals surface area contributed by atoms with E-state index in [9.17, 15) is 14.4 Å². The van der Waals surface area contributed by atoms with E-state index in [1.54, 1.807) is 17.2 Å². The Bertz CT molecular complexity index is 994. The topological polar surface area (TPSA) is 95.5 Å². The van der Waals surface area contributed by atoms with E-state index in [1.807, 2.05) is 6.92 Å². The van der Waals surface area contributed by atoms with Crippen molar-refractivity contribution in [1.82, 2.24) is 14.9 Å². The molecule has 0 unspecified atom stereocenters. The molecule has 8 nitrogen and oxygen atoms in total. The number of nitrogens with one attached hydrogen (secondary N) is 1. The van der Waals surface area contributed by atoms with Crippen LogP contribution in [0.5, 0.6) is 0 Å². The quantitative estimate of drug-likeness (QED) is 0.782. The number of anilines is 2. The molecule has 2 aromatic rings. The normalized spacial score (nSPS) is 16.9. The van der Waals surface area contributed by atoms with Crippen LogP contribution in [0.3, 0.4) is 0 Å². The lowest BCUT2D eigenvalue weighted by Gasteiger charge is -2.30. The van der Waals surface area contributed by atoms with Gasteiger partial charge in [0, 0.05) is 25.2 Å². The number of likely N-dealkylation sites (tertiary alicyclic amines) is 1. The molecule has 0 bridgehead atoms. The van der Waals surface area contributed by atoms with Crippen molar-refractivity contribution in [3.05, 3.63) is 46.7 Å². The smallest absolute Gasteiger partial charge is 0.270 e. The highest BCUT2D eigenvalue weighted by atomic mass is 32.1. The third-order valence-corrected chi connectivity index (χ3v) is 6.56. The van der Waals surface area contributed by atoms with E-state index in [-0.39, 0.29) is 30.2 Å². The van der Waals surface area contributed by atoms with Crippen LogP contribution in [0.2, 0.25) is 0 Å². The maximum absolute atomic E-state index is 13.2. The molecular formula is C20H21N5O3S. The minimum atomic E-state index is -0.250. The monoisotopic (exact) mass is 411 g/mol. The van der Waals surface area contributed by atoms with Crippen molar-refractivity contribution >= 4 is 40.4 Å². The Kier molecular flexibility index (Phi) is 5.14. The average Bonchev–Trinajstić information content (AvgIpc) is 3.13. The van der Waals surface area contributed by atoms with E-state index in [4.69, 9.17) is 0 Å². The molecule has 0 atom stereocenters. The van der Waals surface area contributed by atoms with Crippen molar-refractivity contribution < 1.29 is 14.4 Å². The van der Waals surface area contributed by atoms with Crippen LogP contribution in [0.25, 0.3) is 0 Å². The molecule has 2 aromatic heterocycles. The molecule has 2 aliphatic heterocycles. The molecule has 0 radical (unpaired) electrons. The fourth-order valence-electron chi connectivity index (χ4n) is 3.71. The molecule has 0 saturated carbocycles. The van der Waals surface area contributed by atoms with E-state index in [0.29, 0.717) is 35.0 Å².